The van der Waals surface area contributed by atoms with Crippen LogP contribution in [0.4, 0.5) is 18.9 Å². The molecule has 28 heavy (non-hydrogen) atoms. The van der Waals surface area contributed by atoms with Gasteiger partial charge in [0.05, 0.1) is 18.9 Å². The third-order valence-electron chi connectivity index (χ3n) is 3.81. The zero-order valence-electron chi connectivity index (χ0n) is 15.2. The van der Waals surface area contributed by atoms with E-state index < -0.39 is 23.3 Å². The second-order valence-corrected chi connectivity index (χ2v) is 6.08. The Balaban J connectivity index is 2.01. The molecule has 3 aromatic rings. The molecule has 2 heterocycles. The first-order valence-corrected chi connectivity index (χ1v) is 8.12. The van der Waals surface area contributed by atoms with Gasteiger partial charge in [0.2, 0.25) is 5.88 Å². The standard InChI is InChI=1S/C18H16F3N5O2/c1-10-6-11(2)8-12(7-10)23-17(27)13-9-22-26(16(13)18(19,20)21)14-4-5-15(28-3)25-24-14/h4-9H,1-3H3,(H,23,27). The highest BCUT2D eigenvalue weighted by Gasteiger charge is 2.41. The molecule has 0 bridgehead atoms. The van der Waals surface area contributed by atoms with Crippen LogP contribution in [0.3, 0.4) is 0 Å². The maximum atomic E-state index is 13.7. The maximum Gasteiger partial charge on any atom is 0.434 e. The van der Waals surface area contributed by atoms with E-state index in [0.29, 0.717) is 10.4 Å². The van der Waals surface area contributed by atoms with Gasteiger partial charge in [-0.2, -0.15) is 18.3 Å². The first-order valence-electron chi connectivity index (χ1n) is 8.12. The number of methoxy groups -OCH3 is 1. The monoisotopic (exact) mass is 391 g/mol. The number of anilines is 1. The van der Waals surface area contributed by atoms with Crippen molar-refractivity contribution in [3.05, 3.63) is 58.9 Å². The zero-order chi connectivity index (χ0) is 20.5. The number of alkyl halides is 3. The van der Waals surface area contributed by atoms with Crippen LogP contribution in [0.25, 0.3) is 5.82 Å². The van der Waals surface area contributed by atoms with Gasteiger partial charge in [0, 0.05) is 11.8 Å². The predicted octanol–water partition coefficient (Wildman–Crippen LogP) is 3.56. The Morgan fingerprint density at radius 3 is 2.32 bits per heavy atom. The third-order valence-corrected chi connectivity index (χ3v) is 3.81. The van der Waals surface area contributed by atoms with Gasteiger partial charge in [-0.15, -0.1) is 10.2 Å². The predicted molar refractivity (Wildman–Crippen MR) is 94.6 cm³/mol. The topological polar surface area (TPSA) is 81.9 Å². The van der Waals surface area contributed by atoms with Crippen LogP contribution in [0.5, 0.6) is 5.88 Å². The number of nitrogens with one attached hydrogen (secondary N) is 1. The highest BCUT2D eigenvalue weighted by molar-refractivity contribution is 6.05. The van der Waals surface area contributed by atoms with Crippen molar-refractivity contribution in [2.75, 3.05) is 12.4 Å². The van der Waals surface area contributed by atoms with Gasteiger partial charge in [-0.3, -0.25) is 4.79 Å². The molecule has 0 saturated carbocycles. The normalized spacial score (nSPS) is 11.4. The Morgan fingerprint density at radius 2 is 1.79 bits per heavy atom. The quantitative estimate of drug-likeness (QED) is 0.736. The van der Waals surface area contributed by atoms with E-state index in [1.807, 2.05) is 19.9 Å². The minimum atomic E-state index is -4.84. The van der Waals surface area contributed by atoms with Crippen molar-refractivity contribution >= 4 is 11.6 Å². The second kappa shape index (κ2) is 7.29. The largest absolute Gasteiger partial charge is 0.480 e. The third kappa shape index (κ3) is 3.95. The molecule has 2 aromatic heterocycles. The molecule has 0 aliphatic carbocycles. The fraction of sp³-hybridized carbons (Fsp3) is 0.222. The Kier molecular flexibility index (Phi) is 5.04. The van der Waals surface area contributed by atoms with Crippen molar-refractivity contribution in [2.45, 2.75) is 20.0 Å². The van der Waals surface area contributed by atoms with Crippen molar-refractivity contribution in [3.8, 4) is 11.7 Å². The molecule has 10 heteroatoms. The van der Waals surface area contributed by atoms with E-state index in [2.05, 4.69) is 20.6 Å². The van der Waals surface area contributed by atoms with E-state index in [0.717, 1.165) is 17.3 Å². The average molecular weight is 391 g/mol. The summed E-state index contributed by atoms with van der Waals surface area (Å²) >= 11 is 0. The van der Waals surface area contributed by atoms with E-state index in [1.165, 1.54) is 19.2 Å². The van der Waals surface area contributed by atoms with E-state index in [1.54, 1.807) is 12.1 Å². The van der Waals surface area contributed by atoms with Crippen LogP contribution in [0.2, 0.25) is 0 Å². The molecule has 1 amide bonds. The van der Waals surface area contributed by atoms with Crippen molar-refractivity contribution in [1.29, 1.82) is 0 Å². The molecule has 0 atom stereocenters. The number of halogens is 3. The molecule has 0 fully saturated rings. The summed E-state index contributed by atoms with van der Waals surface area (Å²) in [4.78, 5) is 12.5. The summed E-state index contributed by atoms with van der Waals surface area (Å²) in [6, 6.07) is 7.82. The number of amides is 1. The van der Waals surface area contributed by atoms with Crippen molar-refractivity contribution < 1.29 is 22.7 Å². The molecular weight excluding hydrogens is 375 g/mol. The SMILES string of the molecule is COc1ccc(-n2ncc(C(=O)Nc3cc(C)cc(C)c3)c2C(F)(F)F)nn1. The van der Waals surface area contributed by atoms with Crippen molar-refractivity contribution in [1.82, 2.24) is 20.0 Å². The molecule has 0 spiro atoms. The van der Waals surface area contributed by atoms with Gasteiger partial charge in [-0.1, -0.05) is 6.07 Å². The first-order chi connectivity index (χ1) is 13.2. The van der Waals surface area contributed by atoms with Gasteiger partial charge in [0.15, 0.2) is 11.5 Å². The highest BCUT2D eigenvalue weighted by atomic mass is 19.4. The molecule has 7 nitrogen and oxygen atoms in total. The average Bonchev–Trinajstić information content (AvgIpc) is 3.06. The lowest BCUT2D eigenvalue weighted by Crippen LogP contribution is -2.21. The zero-order valence-corrected chi connectivity index (χ0v) is 15.2. The number of carbonyl (C=O) groups excluding carboxylic acids is 1. The fourth-order valence-corrected chi connectivity index (χ4v) is 2.74. The van der Waals surface area contributed by atoms with E-state index in [9.17, 15) is 18.0 Å². The number of nitrogens with zero attached hydrogens (tertiary/aromatic N) is 4. The van der Waals surface area contributed by atoms with Crippen LogP contribution in [0, 0.1) is 13.8 Å². The number of hydrogen-bond donors (Lipinski definition) is 1. The molecule has 0 unspecified atom stereocenters. The summed E-state index contributed by atoms with van der Waals surface area (Å²) in [5.74, 6) is -0.985. The minimum absolute atomic E-state index is 0.136. The molecule has 1 aromatic carbocycles. The smallest absolute Gasteiger partial charge is 0.434 e. The highest BCUT2D eigenvalue weighted by Crippen LogP contribution is 2.33. The molecule has 0 aliphatic rings. The summed E-state index contributed by atoms with van der Waals surface area (Å²) in [7, 11) is 1.36. The summed E-state index contributed by atoms with van der Waals surface area (Å²) in [6.07, 6.45) is -3.99. The van der Waals surface area contributed by atoms with Crippen molar-refractivity contribution in [2.24, 2.45) is 0 Å². The molecule has 1 N–H and O–H groups in total. The van der Waals surface area contributed by atoms with E-state index in [-0.39, 0.29) is 11.7 Å². The minimum Gasteiger partial charge on any atom is -0.480 e. The lowest BCUT2D eigenvalue weighted by atomic mass is 10.1. The van der Waals surface area contributed by atoms with Crippen LogP contribution in [-0.2, 0) is 6.18 Å². The number of ether oxygens (including phenoxy) is 1. The van der Waals surface area contributed by atoms with Gasteiger partial charge in [-0.25, -0.2) is 4.68 Å². The number of rotatable bonds is 4. The van der Waals surface area contributed by atoms with Gasteiger partial charge in [0.1, 0.15) is 0 Å². The number of aromatic nitrogens is 4. The number of benzene rings is 1. The van der Waals surface area contributed by atoms with Gasteiger partial charge in [0.25, 0.3) is 5.91 Å². The molecule has 0 saturated heterocycles. The summed E-state index contributed by atoms with van der Waals surface area (Å²) in [6.45, 7) is 3.65. The summed E-state index contributed by atoms with van der Waals surface area (Å²) in [5, 5.41) is 13.5. The van der Waals surface area contributed by atoms with Crippen LogP contribution in [-0.4, -0.2) is 33.0 Å². The molecule has 146 valence electrons. The Morgan fingerprint density at radius 1 is 1.11 bits per heavy atom. The molecule has 3 rings (SSSR count). The lowest BCUT2D eigenvalue weighted by molar-refractivity contribution is -0.143. The number of carbonyl (C=O) groups is 1. The van der Waals surface area contributed by atoms with E-state index in [4.69, 9.17) is 4.74 Å². The lowest BCUT2D eigenvalue weighted by Gasteiger charge is -2.12. The van der Waals surface area contributed by atoms with E-state index >= 15 is 0 Å². The summed E-state index contributed by atoms with van der Waals surface area (Å²) in [5.41, 5.74) is 0.275. The van der Waals surface area contributed by atoms with Crippen LogP contribution in [0.15, 0.2) is 36.5 Å². The molecule has 0 radical (unpaired) electrons. The number of hydrogen-bond acceptors (Lipinski definition) is 5. The fourth-order valence-electron chi connectivity index (χ4n) is 2.74. The van der Waals surface area contributed by atoms with Gasteiger partial charge >= 0.3 is 6.18 Å². The van der Waals surface area contributed by atoms with Gasteiger partial charge < -0.3 is 10.1 Å². The Labute approximate surface area is 158 Å². The second-order valence-electron chi connectivity index (χ2n) is 6.08. The Bertz CT molecular complexity index is 993. The summed E-state index contributed by atoms with van der Waals surface area (Å²) < 4.78 is 46.4. The van der Waals surface area contributed by atoms with Crippen LogP contribution in [0.1, 0.15) is 27.2 Å². The first kappa shape index (κ1) is 19.3. The number of aryl methyl sites for hydroxylation is 2. The molecule has 0 aliphatic heterocycles. The molecular formula is C18H16F3N5O2. The van der Waals surface area contributed by atoms with Crippen molar-refractivity contribution in [3.63, 3.8) is 0 Å². The van der Waals surface area contributed by atoms with Crippen LogP contribution < -0.4 is 10.1 Å². The maximum absolute atomic E-state index is 13.7. The Hall–Kier alpha value is -3.43. The van der Waals surface area contributed by atoms with Gasteiger partial charge in [-0.05, 0) is 43.2 Å². The van der Waals surface area contributed by atoms with Crippen LogP contribution >= 0.6 is 0 Å².